The Labute approximate surface area is 150 Å². The van der Waals surface area contributed by atoms with Crippen LogP contribution in [0.25, 0.3) is 16.9 Å². The lowest BCUT2D eigenvalue weighted by Gasteiger charge is -2.09. The number of halogens is 2. The second-order valence-corrected chi connectivity index (χ2v) is 6.40. The molecule has 0 bridgehead atoms. The number of aromatic nitrogens is 2. The van der Waals surface area contributed by atoms with Gasteiger partial charge in [0.05, 0.1) is 17.8 Å². The molecule has 24 heavy (non-hydrogen) atoms. The van der Waals surface area contributed by atoms with Crippen LogP contribution in [-0.4, -0.2) is 23.4 Å². The maximum absolute atomic E-state index is 6.37. The largest absolute Gasteiger partial charge is 0.496 e. The van der Waals surface area contributed by atoms with Crippen LogP contribution in [0.15, 0.2) is 42.5 Å². The molecule has 122 valence electrons. The Bertz CT molecular complexity index is 921. The summed E-state index contributed by atoms with van der Waals surface area (Å²) in [4.78, 5) is 0. The standard InChI is InChI=1S/C18H15Cl2N3O/c1-24-16-7-6-11(19)10-13(16)17-12-8-9-21-18(12)23(22-17)15-5-3-2-4-14(15)20/h2-7,10,21H,8-9H2,1H3. The van der Waals surface area contributed by atoms with Crippen molar-refractivity contribution in [1.29, 1.82) is 0 Å². The van der Waals surface area contributed by atoms with Gasteiger partial charge < -0.3 is 10.1 Å². The zero-order valence-electron chi connectivity index (χ0n) is 13.0. The van der Waals surface area contributed by atoms with Crippen LogP contribution in [0.5, 0.6) is 5.75 Å². The minimum absolute atomic E-state index is 0.651. The van der Waals surface area contributed by atoms with Gasteiger partial charge in [0, 0.05) is 22.7 Å². The molecule has 1 aliphatic heterocycles. The Morgan fingerprint density at radius 1 is 1.17 bits per heavy atom. The molecule has 2 aromatic carbocycles. The number of hydrogen-bond acceptors (Lipinski definition) is 3. The van der Waals surface area contributed by atoms with Crippen LogP contribution in [0.1, 0.15) is 5.56 Å². The van der Waals surface area contributed by atoms with E-state index in [9.17, 15) is 0 Å². The number of nitrogens with zero attached hydrogens (tertiary/aromatic N) is 2. The first-order valence-corrected chi connectivity index (χ1v) is 8.39. The fraction of sp³-hybridized carbons (Fsp3) is 0.167. The van der Waals surface area contributed by atoms with Crippen LogP contribution in [-0.2, 0) is 6.42 Å². The fourth-order valence-electron chi connectivity index (χ4n) is 3.05. The molecule has 1 aliphatic rings. The molecule has 0 atom stereocenters. The van der Waals surface area contributed by atoms with Crippen LogP contribution in [0.4, 0.5) is 5.82 Å². The van der Waals surface area contributed by atoms with Crippen molar-refractivity contribution < 1.29 is 4.74 Å². The number of methoxy groups -OCH3 is 1. The molecule has 0 spiro atoms. The lowest BCUT2D eigenvalue weighted by molar-refractivity contribution is 0.416. The van der Waals surface area contributed by atoms with Crippen molar-refractivity contribution in [2.75, 3.05) is 19.0 Å². The molecule has 4 nitrogen and oxygen atoms in total. The number of hydrogen-bond donors (Lipinski definition) is 1. The van der Waals surface area contributed by atoms with Crippen LogP contribution >= 0.6 is 23.2 Å². The van der Waals surface area contributed by atoms with Crippen LogP contribution in [0.2, 0.25) is 10.0 Å². The quantitative estimate of drug-likeness (QED) is 0.728. The minimum atomic E-state index is 0.651. The highest BCUT2D eigenvalue weighted by Crippen LogP contribution is 2.40. The van der Waals surface area contributed by atoms with Gasteiger partial charge in [0.25, 0.3) is 0 Å². The predicted molar refractivity (Wildman–Crippen MR) is 97.8 cm³/mol. The Kier molecular flexibility index (Phi) is 3.87. The van der Waals surface area contributed by atoms with Gasteiger partial charge in [0.15, 0.2) is 0 Å². The van der Waals surface area contributed by atoms with E-state index in [1.165, 1.54) is 0 Å². The Morgan fingerprint density at radius 3 is 2.79 bits per heavy atom. The number of anilines is 1. The third kappa shape index (κ3) is 2.43. The molecule has 0 saturated carbocycles. The van der Waals surface area contributed by atoms with Gasteiger partial charge in [0.1, 0.15) is 17.3 Å². The number of nitrogens with one attached hydrogen (secondary N) is 1. The maximum Gasteiger partial charge on any atom is 0.133 e. The van der Waals surface area contributed by atoms with Crippen LogP contribution < -0.4 is 10.1 Å². The van der Waals surface area contributed by atoms with Gasteiger partial charge in [0.2, 0.25) is 0 Å². The molecule has 4 rings (SSSR count). The first kappa shape index (κ1) is 15.4. The van der Waals surface area contributed by atoms with Crippen LogP contribution in [0, 0.1) is 0 Å². The zero-order valence-corrected chi connectivity index (χ0v) is 14.5. The summed E-state index contributed by atoms with van der Waals surface area (Å²) in [5, 5.41) is 9.52. The summed E-state index contributed by atoms with van der Waals surface area (Å²) in [5.74, 6) is 1.72. The summed E-state index contributed by atoms with van der Waals surface area (Å²) in [5.41, 5.74) is 3.75. The summed E-state index contributed by atoms with van der Waals surface area (Å²) in [6.45, 7) is 0.869. The highest BCUT2D eigenvalue weighted by molar-refractivity contribution is 6.32. The molecular weight excluding hydrogens is 345 g/mol. The molecule has 0 fully saturated rings. The van der Waals surface area contributed by atoms with E-state index in [4.69, 9.17) is 33.0 Å². The topological polar surface area (TPSA) is 39.1 Å². The maximum atomic E-state index is 6.37. The first-order chi connectivity index (χ1) is 11.7. The van der Waals surface area contributed by atoms with E-state index in [-0.39, 0.29) is 0 Å². The summed E-state index contributed by atoms with van der Waals surface area (Å²) in [6.07, 6.45) is 0.894. The second kappa shape index (κ2) is 6.04. The Balaban J connectivity index is 1.95. The smallest absolute Gasteiger partial charge is 0.133 e. The van der Waals surface area contributed by atoms with Gasteiger partial charge in [-0.1, -0.05) is 35.3 Å². The van der Waals surface area contributed by atoms with Gasteiger partial charge in [-0.3, -0.25) is 0 Å². The molecule has 0 aliphatic carbocycles. The fourth-order valence-corrected chi connectivity index (χ4v) is 3.44. The molecule has 0 amide bonds. The van der Waals surface area contributed by atoms with Gasteiger partial charge >= 0.3 is 0 Å². The van der Waals surface area contributed by atoms with Gasteiger partial charge in [-0.05, 0) is 36.8 Å². The SMILES string of the molecule is COc1ccc(Cl)cc1-c1nn(-c2ccccc2Cl)c2c1CCN2. The van der Waals surface area contributed by atoms with Crippen molar-refractivity contribution in [2.24, 2.45) is 0 Å². The molecular formula is C18H15Cl2N3O. The normalized spacial score (nSPS) is 12.8. The number of fused-ring (bicyclic) bond motifs is 1. The molecule has 2 heterocycles. The number of para-hydroxylation sites is 1. The van der Waals surface area contributed by atoms with Crippen molar-refractivity contribution in [3.63, 3.8) is 0 Å². The van der Waals surface area contributed by atoms with E-state index in [0.717, 1.165) is 47.0 Å². The minimum Gasteiger partial charge on any atom is -0.496 e. The van der Waals surface area contributed by atoms with Crippen molar-refractivity contribution in [3.05, 3.63) is 58.1 Å². The molecule has 3 aromatic rings. The number of ether oxygens (including phenoxy) is 1. The van der Waals surface area contributed by atoms with E-state index in [1.807, 2.05) is 47.1 Å². The number of rotatable bonds is 3. The third-order valence-electron chi connectivity index (χ3n) is 4.15. The average Bonchev–Trinajstić information content (AvgIpc) is 3.18. The van der Waals surface area contributed by atoms with E-state index in [1.54, 1.807) is 7.11 Å². The lowest BCUT2D eigenvalue weighted by Crippen LogP contribution is -2.04. The molecule has 0 radical (unpaired) electrons. The summed E-state index contributed by atoms with van der Waals surface area (Å²) in [6, 6.07) is 13.2. The van der Waals surface area contributed by atoms with Crippen molar-refractivity contribution in [3.8, 4) is 22.7 Å². The molecule has 0 unspecified atom stereocenters. The first-order valence-electron chi connectivity index (χ1n) is 7.63. The zero-order chi connectivity index (χ0) is 16.7. The molecule has 6 heteroatoms. The highest BCUT2D eigenvalue weighted by Gasteiger charge is 2.26. The van der Waals surface area contributed by atoms with Gasteiger partial charge in [-0.25, -0.2) is 4.68 Å². The van der Waals surface area contributed by atoms with E-state index in [2.05, 4.69) is 5.32 Å². The molecule has 0 saturated heterocycles. The van der Waals surface area contributed by atoms with Crippen molar-refractivity contribution in [1.82, 2.24) is 9.78 Å². The molecule has 1 aromatic heterocycles. The van der Waals surface area contributed by atoms with Gasteiger partial charge in [-0.15, -0.1) is 0 Å². The second-order valence-electron chi connectivity index (χ2n) is 5.56. The van der Waals surface area contributed by atoms with E-state index in [0.29, 0.717) is 10.0 Å². The summed E-state index contributed by atoms with van der Waals surface area (Å²) in [7, 11) is 1.65. The Morgan fingerprint density at radius 2 is 2.00 bits per heavy atom. The van der Waals surface area contributed by atoms with Crippen molar-refractivity contribution >= 4 is 29.0 Å². The molecule has 1 N–H and O–H groups in total. The van der Waals surface area contributed by atoms with Crippen molar-refractivity contribution in [2.45, 2.75) is 6.42 Å². The summed E-state index contributed by atoms with van der Waals surface area (Å²) >= 11 is 12.6. The monoisotopic (exact) mass is 359 g/mol. The van der Waals surface area contributed by atoms with E-state index >= 15 is 0 Å². The van der Waals surface area contributed by atoms with E-state index < -0.39 is 0 Å². The van der Waals surface area contributed by atoms with Gasteiger partial charge in [-0.2, -0.15) is 5.10 Å². The average molecular weight is 360 g/mol. The predicted octanol–water partition coefficient (Wildman–Crippen LogP) is 4.82. The lowest BCUT2D eigenvalue weighted by atomic mass is 10.1. The number of benzene rings is 2. The third-order valence-corrected chi connectivity index (χ3v) is 4.70. The highest BCUT2D eigenvalue weighted by atomic mass is 35.5. The summed E-state index contributed by atoms with van der Waals surface area (Å²) < 4.78 is 7.36. The van der Waals surface area contributed by atoms with Crippen LogP contribution in [0.3, 0.4) is 0 Å². The Hall–Kier alpha value is -2.17.